The van der Waals surface area contributed by atoms with Crippen LogP contribution in [0.5, 0.6) is 0 Å². The van der Waals surface area contributed by atoms with Crippen molar-refractivity contribution in [2.75, 3.05) is 0 Å². The van der Waals surface area contributed by atoms with Gasteiger partial charge in [-0.05, 0) is 32.6 Å². The van der Waals surface area contributed by atoms with Gasteiger partial charge in [0.15, 0.2) is 0 Å². The van der Waals surface area contributed by atoms with E-state index < -0.39 is 0 Å². The van der Waals surface area contributed by atoms with E-state index >= 15 is 0 Å². The molecule has 0 amide bonds. The minimum absolute atomic E-state index is 0.313. The molecule has 0 aromatic rings. The van der Waals surface area contributed by atoms with Crippen LogP contribution in [0.4, 0.5) is 0 Å². The van der Waals surface area contributed by atoms with Crippen molar-refractivity contribution < 1.29 is 5.11 Å². The molecule has 1 aliphatic carbocycles. The highest BCUT2D eigenvalue weighted by Crippen LogP contribution is 2.34. The van der Waals surface area contributed by atoms with Crippen LogP contribution < -0.4 is 0 Å². The van der Waals surface area contributed by atoms with Crippen molar-refractivity contribution in [2.24, 2.45) is 0 Å². The number of rotatable bonds is 2. The van der Waals surface area contributed by atoms with E-state index in [1.54, 1.807) is 0 Å². The monoisotopic (exact) mass is 156 g/mol. The molecule has 0 unspecified atom stereocenters. The standard InChI is InChI=1S/C8H14O.C2H6/c1-2-3-5-8(9)6-4-7-8;1-2/h2-3,9H,4-7H2,1H3;1-2H3/b3-2+;. The molecule has 66 valence electrons. The van der Waals surface area contributed by atoms with Crippen LogP contribution in [0, 0.1) is 0 Å². The fourth-order valence-electron chi connectivity index (χ4n) is 1.13. The predicted octanol–water partition coefficient (Wildman–Crippen LogP) is 2.89. The Hall–Kier alpha value is -0.300. The maximum absolute atomic E-state index is 9.49. The van der Waals surface area contributed by atoms with Gasteiger partial charge in [0.2, 0.25) is 0 Å². The van der Waals surface area contributed by atoms with Crippen molar-refractivity contribution in [1.29, 1.82) is 0 Å². The quantitative estimate of drug-likeness (QED) is 0.609. The molecular formula is C10H20O. The molecule has 1 rings (SSSR count). The van der Waals surface area contributed by atoms with E-state index in [1.165, 1.54) is 6.42 Å². The summed E-state index contributed by atoms with van der Waals surface area (Å²) in [6, 6.07) is 0. The second-order valence-electron chi connectivity index (χ2n) is 2.85. The molecule has 0 aromatic carbocycles. The zero-order valence-electron chi connectivity index (χ0n) is 7.93. The number of hydrogen-bond donors (Lipinski definition) is 1. The van der Waals surface area contributed by atoms with Crippen LogP contribution in [0.3, 0.4) is 0 Å². The third-order valence-electron chi connectivity index (χ3n) is 2.02. The zero-order valence-corrected chi connectivity index (χ0v) is 7.93. The highest BCUT2D eigenvalue weighted by Gasteiger charge is 2.32. The summed E-state index contributed by atoms with van der Waals surface area (Å²) >= 11 is 0. The third kappa shape index (κ3) is 3.57. The van der Waals surface area contributed by atoms with Gasteiger partial charge in [0, 0.05) is 0 Å². The van der Waals surface area contributed by atoms with E-state index in [9.17, 15) is 5.11 Å². The Balaban J connectivity index is 0.000000461. The van der Waals surface area contributed by atoms with Crippen LogP contribution in [-0.4, -0.2) is 10.7 Å². The second-order valence-corrected chi connectivity index (χ2v) is 2.85. The van der Waals surface area contributed by atoms with E-state index in [0.717, 1.165) is 19.3 Å². The van der Waals surface area contributed by atoms with Crippen molar-refractivity contribution in [2.45, 2.75) is 52.1 Å². The highest BCUT2D eigenvalue weighted by molar-refractivity contribution is 4.95. The van der Waals surface area contributed by atoms with Gasteiger partial charge in [-0.25, -0.2) is 0 Å². The summed E-state index contributed by atoms with van der Waals surface area (Å²) in [5, 5.41) is 9.49. The van der Waals surface area contributed by atoms with Gasteiger partial charge >= 0.3 is 0 Å². The van der Waals surface area contributed by atoms with Crippen molar-refractivity contribution in [3.05, 3.63) is 12.2 Å². The second kappa shape index (κ2) is 5.36. The van der Waals surface area contributed by atoms with E-state index in [-0.39, 0.29) is 5.60 Å². The average Bonchev–Trinajstić information content (AvgIpc) is 2.01. The van der Waals surface area contributed by atoms with Crippen LogP contribution in [0.25, 0.3) is 0 Å². The number of allylic oxidation sites excluding steroid dienone is 1. The molecule has 1 nitrogen and oxygen atoms in total. The smallest absolute Gasteiger partial charge is 0.0682 e. The van der Waals surface area contributed by atoms with Crippen LogP contribution in [0.1, 0.15) is 46.5 Å². The summed E-state index contributed by atoms with van der Waals surface area (Å²) < 4.78 is 0. The predicted molar refractivity (Wildman–Crippen MR) is 49.6 cm³/mol. The molecule has 0 saturated heterocycles. The molecule has 1 saturated carbocycles. The van der Waals surface area contributed by atoms with Gasteiger partial charge in [0.25, 0.3) is 0 Å². The normalized spacial score (nSPS) is 20.4. The van der Waals surface area contributed by atoms with Crippen LogP contribution >= 0.6 is 0 Å². The van der Waals surface area contributed by atoms with Gasteiger partial charge in [0.05, 0.1) is 5.60 Å². The van der Waals surface area contributed by atoms with Crippen molar-refractivity contribution in [3.8, 4) is 0 Å². The van der Waals surface area contributed by atoms with Crippen molar-refractivity contribution in [1.82, 2.24) is 0 Å². The van der Waals surface area contributed by atoms with E-state index in [2.05, 4.69) is 0 Å². The number of hydrogen-bond acceptors (Lipinski definition) is 1. The van der Waals surface area contributed by atoms with Crippen LogP contribution in [0.2, 0.25) is 0 Å². The molecule has 0 heterocycles. The summed E-state index contributed by atoms with van der Waals surface area (Å²) in [6.07, 6.45) is 8.09. The van der Waals surface area contributed by atoms with Gasteiger partial charge in [0.1, 0.15) is 0 Å². The molecule has 1 N–H and O–H groups in total. The van der Waals surface area contributed by atoms with Gasteiger partial charge in [-0.1, -0.05) is 26.0 Å². The van der Waals surface area contributed by atoms with E-state index in [0.29, 0.717) is 0 Å². The van der Waals surface area contributed by atoms with Crippen molar-refractivity contribution in [3.63, 3.8) is 0 Å². The summed E-state index contributed by atoms with van der Waals surface area (Å²) in [5.74, 6) is 0. The first-order chi connectivity index (χ1) is 5.27. The first-order valence-corrected chi connectivity index (χ1v) is 4.60. The van der Waals surface area contributed by atoms with E-state index in [1.807, 2.05) is 32.9 Å². The lowest BCUT2D eigenvalue weighted by atomic mass is 9.78. The Kier molecular flexibility index (Phi) is 5.22. The molecule has 1 aliphatic rings. The van der Waals surface area contributed by atoms with Crippen LogP contribution in [0.15, 0.2) is 12.2 Å². The lowest BCUT2D eigenvalue weighted by Crippen LogP contribution is -2.35. The van der Waals surface area contributed by atoms with Gasteiger partial charge in [-0.3, -0.25) is 0 Å². The Morgan fingerprint density at radius 3 is 2.18 bits per heavy atom. The zero-order chi connectivity index (χ0) is 8.74. The first kappa shape index (κ1) is 10.7. The minimum Gasteiger partial charge on any atom is -0.390 e. The number of aliphatic hydroxyl groups is 1. The Morgan fingerprint density at radius 1 is 1.36 bits per heavy atom. The Bertz CT molecular complexity index is 112. The highest BCUT2D eigenvalue weighted by atomic mass is 16.3. The fourth-order valence-corrected chi connectivity index (χ4v) is 1.13. The lowest BCUT2D eigenvalue weighted by molar-refractivity contribution is -0.0299. The average molecular weight is 156 g/mol. The molecule has 0 radical (unpaired) electrons. The third-order valence-corrected chi connectivity index (χ3v) is 2.02. The van der Waals surface area contributed by atoms with E-state index in [4.69, 9.17) is 0 Å². The molecule has 11 heavy (non-hydrogen) atoms. The largest absolute Gasteiger partial charge is 0.390 e. The molecule has 1 heteroatoms. The summed E-state index contributed by atoms with van der Waals surface area (Å²) in [4.78, 5) is 0. The Labute approximate surface area is 70.1 Å². The summed E-state index contributed by atoms with van der Waals surface area (Å²) in [5.41, 5.74) is -0.313. The van der Waals surface area contributed by atoms with Crippen molar-refractivity contribution >= 4 is 0 Å². The maximum atomic E-state index is 9.49. The van der Waals surface area contributed by atoms with Gasteiger partial charge < -0.3 is 5.11 Å². The molecule has 0 atom stereocenters. The van der Waals surface area contributed by atoms with Gasteiger partial charge in [-0.2, -0.15) is 0 Å². The van der Waals surface area contributed by atoms with Crippen LogP contribution in [-0.2, 0) is 0 Å². The molecule has 0 bridgehead atoms. The molecule has 0 aliphatic heterocycles. The summed E-state index contributed by atoms with van der Waals surface area (Å²) in [6.45, 7) is 5.99. The molecule has 0 aromatic heterocycles. The van der Waals surface area contributed by atoms with Gasteiger partial charge in [-0.15, -0.1) is 0 Å². The fraction of sp³-hybridized carbons (Fsp3) is 0.800. The lowest BCUT2D eigenvalue weighted by Gasteiger charge is -2.35. The minimum atomic E-state index is -0.313. The summed E-state index contributed by atoms with van der Waals surface area (Å²) in [7, 11) is 0. The Morgan fingerprint density at radius 2 is 1.91 bits per heavy atom. The maximum Gasteiger partial charge on any atom is 0.0682 e. The SMILES string of the molecule is C/C=C/CC1(O)CCC1.CC. The topological polar surface area (TPSA) is 20.2 Å². The molecular weight excluding hydrogens is 136 g/mol. The molecule has 0 spiro atoms. The molecule has 1 fully saturated rings. The first-order valence-electron chi connectivity index (χ1n) is 4.60.